The molecule has 0 heterocycles. The summed E-state index contributed by atoms with van der Waals surface area (Å²) in [6.07, 6.45) is 0. The van der Waals surface area contributed by atoms with Crippen LogP contribution in [0, 0.1) is 5.82 Å². The van der Waals surface area contributed by atoms with E-state index in [1.54, 1.807) is 19.2 Å². The standard InChI is InChI=1S/C14H14FNO/c1-17-14-4-2-3-13(9-14)16-10-11-5-7-12(15)8-6-11/h2-9,16H,10H2,1H3. The van der Waals surface area contributed by atoms with Crippen LogP contribution in [-0.4, -0.2) is 7.11 Å². The van der Waals surface area contributed by atoms with Crippen molar-refractivity contribution in [2.24, 2.45) is 0 Å². The van der Waals surface area contributed by atoms with Crippen LogP contribution < -0.4 is 10.1 Å². The first-order valence-electron chi connectivity index (χ1n) is 5.40. The largest absolute Gasteiger partial charge is 0.497 e. The molecule has 0 radical (unpaired) electrons. The molecule has 2 rings (SSSR count). The molecule has 3 heteroatoms. The molecule has 0 unspecified atom stereocenters. The van der Waals surface area contributed by atoms with Crippen LogP contribution in [0.2, 0.25) is 0 Å². The van der Waals surface area contributed by atoms with Gasteiger partial charge >= 0.3 is 0 Å². The lowest BCUT2D eigenvalue weighted by Gasteiger charge is -2.08. The van der Waals surface area contributed by atoms with E-state index in [0.717, 1.165) is 17.0 Å². The highest BCUT2D eigenvalue weighted by Gasteiger charge is 1.96. The molecule has 0 atom stereocenters. The fourth-order valence-corrected chi connectivity index (χ4v) is 1.54. The average Bonchev–Trinajstić information content (AvgIpc) is 2.38. The van der Waals surface area contributed by atoms with Crippen LogP contribution in [0.1, 0.15) is 5.56 Å². The number of benzene rings is 2. The normalized spacial score (nSPS) is 10.0. The first kappa shape index (κ1) is 11.5. The lowest BCUT2D eigenvalue weighted by atomic mass is 10.2. The minimum absolute atomic E-state index is 0.213. The zero-order chi connectivity index (χ0) is 12.1. The summed E-state index contributed by atoms with van der Waals surface area (Å²) in [4.78, 5) is 0. The zero-order valence-electron chi connectivity index (χ0n) is 9.61. The third-order valence-electron chi connectivity index (χ3n) is 2.48. The first-order chi connectivity index (χ1) is 8.28. The molecule has 0 saturated heterocycles. The Labute approximate surface area is 100 Å². The third-order valence-corrected chi connectivity index (χ3v) is 2.48. The number of hydrogen-bond donors (Lipinski definition) is 1. The van der Waals surface area contributed by atoms with Gasteiger partial charge < -0.3 is 10.1 Å². The van der Waals surface area contributed by atoms with Crippen LogP contribution in [0.5, 0.6) is 5.75 Å². The van der Waals surface area contributed by atoms with Gasteiger partial charge in [-0.3, -0.25) is 0 Å². The van der Waals surface area contributed by atoms with Gasteiger partial charge in [0.25, 0.3) is 0 Å². The van der Waals surface area contributed by atoms with Crippen molar-refractivity contribution in [1.82, 2.24) is 0 Å². The summed E-state index contributed by atoms with van der Waals surface area (Å²) in [6.45, 7) is 0.660. The van der Waals surface area contributed by atoms with Crippen LogP contribution >= 0.6 is 0 Å². The van der Waals surface area contributed by atoms with Gasteiger partial charge in [0.15, 0.2) is 0 Å². The smallest absolute Gasteiger partial charge is 0.123 e. The Balaban J connectivity index is 1.99. The molecule has 0 aliphatic rings. The number of halogens is 1. The Hall–Kier alpha value is -2.03. The molecular formula is C14H14FNO. The van der Waals surface area contributed by atoms with Crippen molar-refractivity contribution in [3.8, 4) is 5.75 Å². The Morgan fingerprint density at radius 3 is 2.59 bits per heavy atom. The molecule has 0 aliphatic heterocycles. The molecular weight excluding hydrogens is 217 g/mol. The van der Waals surface area contributed by atoms with Crippen molar-refractivity contribution in [1.29, 1.82) is 0 Å². The van der Waals surface area contributed by atoms with Gasteiger partial charge in [0.2, 0.25) is 0 Å². The molecule has 0 fully saturated rings. The van der Waals surface area contributed by atoms with Gasteiger partial charge in [-0.25, -0.2) is 4.39 Å². The SMILES string of the molecule is COc1cccc(NCc2ccc(F)cc2)c1. The van der Waals surface area contributed by atoms with Crippen LogP contribution in [-0.2, 0) is 6.54 Å². The number of hydrogen-bond acceptors (Lipinski definition) is 2. The molecule has 0 amide bonds. The first-order valence-corrected chi connectivity index (χ1v) is 5.40. The maximum Gasteiger partial charge on any atom is 0.123 e. The maximum absolute atomic E-state index is 12.7. The van der Waals surface area contributed by atoms with Crippen molar-refractivity contribution < 1.29 is 9.13 Å². The molecule has 1 N–H and O–H groups in total. The highest BCUT2D eigenvalue weighted by atomic mass is 19.1. The summed E-state index contributed by atoms with van der Waals surface area (Å²) in [7, 11) is 1.64. The molecule has 17 heavy (non-hydrogen) atoms. The Kier molecular flexibility index (Phi) is 3.60. The maximum atomic E-state index is 12.7. The van der Waals surface area contributed by atoms with Crippen molar-refractivity contribution in [3.63, 3.8) is 0 Å². The molecule has 0 spiro atoms. The third kappa shape index (κ3) is 3.21. The summed E-state index contributed by atoms with van der Waals surface area (Å²) in [5.74, 6) is 0.601. The van der Waals surface area contributed by atoms with E-state index < -0.39 is 0 Å². The lowest BCUT2D eigenvalue weighted by molar-refractivity contribution is 0.415. The topological polar surface area (TPSA) is 21.3 Å². The summed E-state index contributed by atoms with van der Waals surface area (Å²) in [6, 6.07) is 14.2. The summed E-state index contributed by atoms with van der Waals surface area (Å²) >= 11 is 0. The van der Waals surface area contributed by atoms with E-state index in [1.165, 1.54) is 12.1 Å². The number of methoxy groups -OCH3 is 1. The second-order valence-corrected chi connectivity index (χ2v) is 3.71. The summed E-state index contributed by atoms with van der Waals surface area (Å²) in [5, 5.41) is 3.25. The van der Waals surface area contributed by atoms with E-state index in [-0.39, 0.29) is 5.82 Å². The van der Waals surface area contributed by atoms with E-state index in [2.05, 4.69) is 5.32 Å². The van der Waals surface area contributed by atoms with Crippen molar-refractivity contribution >= 4 is 5.69 Å². The van der Waals surface area contributed by atoms with Gasteiger partial charge in [-0.05, 0) is 29.8 Å². The predicted octanol–water partition coefficient (Wildman–Crippen LogP) is 3.45. The summed E-state index contributed by atoms with van der Waals surface area (Å²) < 4.78 is 17.8. The van der Waals surface area contributed by atoms with E-state index in [1.807, 2.05) is 24.3 Å². The van der Waals surface area contributed by atoms with Gasteiger partial charge in [0, 0.05) is 18.3 Å². The van der Waals surface area contributed by atoms with Crippen LogP contribution in [0.15, 0.2) is 48.5 Å². The van der Waals surface area contributed by atoms with Crippen LogP contribution in [0.25, 0.3) is 0 Å². The number of nitrogens with one attached hydrogen (secondary N) is 1. The fraction of sp³-hybridized carbons (Fsp3) is 0.143. The molecule has 2 aromatic carbocycles. The Morgan fingerprint density at radius 1 is 1.12 bits per heavy atom. The quantitative estimate of drug-likeness (QED) is 0.870. The Bertz CT molecular complexity index is 482. The van der Waals surface area contributed by atoms with E-state index >= 15 is 0 Å². The molecule has 0 aliphatic carbocycles. The van der Waals surface area contributed by atoms with Crippen molar-refractivity contribution in [2.75, 3.05) is 12.4 Å². The van der Waals surface area contributed by atoms with Crippen molar-refractivity contribution in [3.05, 3.63) is 59.9 Å². The molecule has 0 aromatic heterocycles. The highest BCUT2D eigenvalue weighted by molar-refractivity contribution is 5.48. The number of rotatable bonds is 4. The lowest BCUT2D eigenvalue weighted by Crippen LogP contribution is -1.99. The zero-order valence-corrected chi connectivity index (χ0v) is 9.61. The fourth-order valence-electron chi connectivity index (χ4n) is 1.54. The van der Waals surface area contributed by atoms with Gasteiger partial charge in [-0.15, -0.1) is 0 Å². The summed E-state index contributed by atoms with van der Waals surface area (Å²) in [5.41, 5.74) is 2.02. The van der Waals surface area contributed by atoms with Gasteiger partial charge in [0.05, 0.1) is 7.11 Å². The second kappa shape index (κ2) is 5.34. The molecule has 2 nitrogen and oxygen atoms in total. The van der Waals surface area contributed by atoms with E-state index in [4.69, 9.17) is 4.74 Å². The predicted molar refractivity (Wildman–Crippen MR) is 66.7 cm³/mol. The molecule has 2 aromatic rings. The second-order valence-electron chi connectivity index (χ2n) is 3.71. The monoisotopic (exact) mass is 231 g/mol. The highest BCUT2D eigenvalue weighted by Crippen LogP contribution is 2.17. The minimum atomic E-state index is -0.213. The average molecular weight is 231 g/mol. The number of anilines is 1. The van der Waals surface area contributed by atoms with E-state index in [0.29, 0.717) is 6.54 Å². The van der Waals surface area contributed by atoms with Gasteiger partial charge in [0.1, 0.15) is 11.6 Å². The molecule has 0 bridgehead atoms. The van der Waals surface area contributed by atoms with E-state index in [9.17, 15) is 4.39 Å². The van der Waals surface area contributed by atoms with Gasteiger partial charge in [-0.1, -0.05) is 18.2 Å². The van der Waals surface area contributed by atoms with Crippen LogP contribution in [0.4, 0.5) is 10.1 Å². The molecule has 0 saturated carbocycles. The number of ether oxygens (including phenoxy) is 1. The van der Waals surface area contributed by atoms with Gasteiger partial charge in [-0.2, -0.15) is 0 Å². The molecule has 88 valence electrons. The van der Waals surface area contributed by atoms with Crippen LogP contribution in [0.3, 0.4) is 0 Å². The Morgan fingerprint density at radius 2 is 1.88 bits per heavy atom. The van der Waals surface area contributed by atoms with Crippen molar-refractivity contribution in [2.45, 2.75) is 6.54 Å². The minimum Gasteiger partial charge on any atom is -0.497 e.